The predicted octanol–water partition coefficient (Wildman–Crippen LogP) is 4.30. The van der Waals surface area contributed by atoms with Crippen molar-refractivity contribution in [1.29, 1.82) is 0 Å². The second kappa shape index (κ2) is 7.32. The molecule has 0 atom stereocenters. The maximum absolute atomic E-state index is 12.1. The van der Waals surface area contributed by atoms with E-state index in [9.17, 15) is 4.79 Å². The van der Waals surface area contributed by atoms with Crippen LogP contribution in [0.4, 0.5) is 0 Å². The number of rotatable bonds is 5. The number of ether oxygens (including phenoxy) is 1. The highest BCUT2D eigenvalue weighted by atomic mass is 16.5. The van der Waals surface area contributed by atoms with E-state index in [0.717, 1.165) is 18.6 Å². The van der Waals surface area contributed by atoms with Crippen LogP contribution in [0.2, 0.25) is 0 Å². The Morgan fingerprint density at radius 1 is 1.21 bits per heavy atom. The Kier molecular flexibility index (Phi) is 5.44. The van der Waals surface area contributed by atoms with Crippen LogP contribution in [0.3, 0.4) is 0 Å². The van der Waals surface area contributed by atoms with Crippen molar-refractivity contribution >= 4 is 5.78 Å². The second-order valence-corrected chi connectivity index (χ2v) is 5.57. The lowest BCUT2D eigenvalue weighted by Crippen LogP contribution is -2.16. The summed E-state index contributed by atoms with van der Waals surface area (Å²) >= 11 is 0. The number of benzene rings is 1. The van der Waals surface area contributed by atoms with Gasteiger partial charge in [0.15, 0.2) is 0 Å². The third-order valence-corrected chi connectivity index (χ3v) is 3.92. The highest BCUT2D eigenvalue weighted by molar-refractivity contribution is 5.81. The molecule has 0 amide bonds. The Labute approximate surface area is 116 Å². The van der Waals surface area contributed by atoms with Crippen LogP contribution in [-0.2, 0) is 4.79 Å². The van der Waals surface area contributed by atoms with Gasteiger partial charge in [0, 0.05) is 12.3 Å². The summed E-state index contributed by atoms with van der Waals surface area (Å²) < 4.78 is 5.66. The van der Waals surface area contributed by atoms with Crippen LogP contribution in [0.5, 0.6) is 5.75 Å². The Morgan fingerprint density at radius 2 is 1.95 bits per heavy atom. The van der Waals surface area contributed by atoms with Crippen molar-refractivity contribution < 1.29 is 9.53 Å². The summed E-state index contributed by atoms with van der Waals surface area (Å²) in [4.78, 5) is 12.1. The highest BCUT2D eigenvalue weighted by Gasteiger charge is 2.19. The normalized spacial score (nSPS) is 16.9. The van der Waals surface area contributed by atoms with E-state index < -0.39 is 0 Å². The minimum absolute atomic E-state index is 0.295. The summed E-state index contributed by atoms with van der Waals surface area (Å²) in [7, 11) is 0. The van der Waals surface area contributed by atoms with Crippen LogP contribution in [-0.4, -0.2) is 12.4 Å². The van der Waals surface area contributed by atoms with Gasteiger partial charge in [-0.1, -0.05) is 37.8 Å². The first kappa shape index (κ1) is 14.1. The van der Waals surface area contributed by atoms with Crippen LogP contribution in [0.15, 0.2) is 24.3 Å². The zero-order chi connectivity index (χ0) is 13.5. The van der Waals surface area contributed by atoms with Gasteiger partial charge in [0.2, 0.25) is 0 Å². The second-order valence-electron chi connectivity index (χ2n) is 5.57. The summed E-state index contributed by atoms with van der Waals surface area (Å²) in [5.41, 5.74) is 1.19. The van der Waals surface area contributed by atoms with Crippen molar-refractivity contribution in [1.82, 2.24) is 0 Å². The molecule has 2 heteroatoms. The van der Waals surface area contributed by atoms with Gasteiger partial charge in [0.05, 0.1) is 6.61 Å². The van der Waals surface area contributed by atoms with E-state index in [4.69, 9.17) is 4.74 Å². The predicted molar refractivity (Wildman–Crippen MR) is 77.5 cm³/mol. The molecule has 2 rings (SSSR count). The van der Waals surface area contributed by atoms with Crippen molar-refractivity contribution in [3.63, 3.8) is 0 Å². The molecule has 1 aliphatic rings. The quantitative estimate of drug-likeness (QED) is 0.738. The molecule has 0 radical (unpaired) electrons. The number of aryl methyl sites for hydroxylation is 1. The SMILES string of the molecule is Cc1cccc(OCCC(=O)C2CCCCCC2)c1. The highest BCUT2D eigenvalue weighted by Crippen LogP contribution is 2.24. The lowest BCUT2D eigenvalue weighted by molar-refractivity contribution is -0.123. The fourth-order valence-electron chi connectivity index (χ4n) is 2.78. The molecule has 0 aliphatic heterocycles. The number of hydrogen-bond donors (Lipinski definition) is 0. The average Bonchev–Trinajstić information content (AvgIpc) is 2.67. The molecule has 2 nitrogen and oxygen atoms in total. The third kappa shape index (κ3) is 4.70. The molecule has 1 saturated carbocycles. The molecule has 19 heavy (non-hydrogen) atoms. The summed E-state index contributed by atoms with van der Waals surface area (Å²) in [6.07, 6.45) is 7.75. The van der Waals surface area contributed by atoms with E-state index in [1.165, 1.54) is 31.2 Å². The number of ketones is 1. The first-order valence-electron chi connectivity index (χ1n) is 7.48. The first-order chi connectivity index (χ1) is 9.25. The van der Waals surface area contributed by atoms with Crippen LogP contribution >= 0.6 is 0 Å². The number of hydrogen-bond acceptors (Lipinski definition) is 2. The molecule has 1 aromatic rings. The molecule has 0 N–H and O–H groups in total. The van der Waals surface area contributed by atoms with E-state index in [2.05, 4.69) is 0 Å². The molecule has 0 saturated heterocycles. The number of Topliss-reactive ketones (excluding diaryl/α,β-unsaturated/α-hetero) is 1. The molecule has 1 aromatic carbocycles. The van der Waals surface area contributed by atoms with Crippen molar-refractivity contribution in [2.45, 2.75) is 51.9 Å². The van der Waals surface area contributed by atoms with Gasteiger partial charge in [-0.3, -0.25) is 4.79 Å². The van der Waals surface area contributed by atoms with Crippen molar-refractivity contribution in [3.8, 4) is 5.75 Å². The molecule has 104 valence electrons. The van der Waals surface area contributed by atoms with Crippen LogP contribution < -0.4 is 4.74 Å². The van der Waals surface area contributed by atoms with Crippen LogP contribution in [0, 0.1) is 12.8 Å². The minimum atomic E-state index is 0.295. The monoisotopic (exact) mass is 260 g/mol. The van der Waals surface area contributed by atoms with Gasteiger partial charge in [-0.25, -0.2) is 0 Å². The van der Waals surface area contributed by atoms with Gasteiger partial charge >= 0.3 is 0 Å². The summed E-state index contributed by atoms with van der Waals surface area (Å²) in [5, 5.41) is 0. The van der Waals surface area contributed by atoms with E-state index in [-0.39, 0.29) is 0 Å². The maximum atomic E-state index is 12.1. The minimum Gasteiger partial charge on any atom is -0.493 e. The van der Waals surface area contributed by atoms with Crippen molar-refractivity contribution in [2.75, 3.05) is 6.61 Å². The topological polar surface area (TPSA) is 26.3 Å². The zero-order valence-corrected chi connectivity index (χ0v) is 11.9. The third-order valence-electron chi connectivity index (χ3n) is 3.92. The van der Waals surface area contributed by atoms with Gasteiger partial charge < -0.3 is 4.74 Å². The van der Waals surface area contributed by atoms with Gasteiger partial charge in [-0.05, 0) is 37.5 Å². The van der Waals surface area contributed by atoms with Gasteiger partial charge in [-0.2, -0.15) is 0 Å². The summed E-state index contributed by atoms with van der Waals surface area (Å²) in [5.74, 6) is 1.56. The van der Waals surface area contributed by atoms with E-state index in [1.807, 2.05) is 31.2 Å². The molecule has 0 unspecified atom stereocenters. The molecule has 0 aromatic heterocycles. The van der Waals surface area contributed by atoms with E-state index >= 15 is 0 Å². The Morgan fingerprint density at radius 3 is 2.63 bits per heavy atom. The molecule has 1 aliphatic carbocycles. The molecule has 0 heterocycles. The van der Waals surface area contributed by atoms with Gasteiger partial charge in [-0.15, -0.1) is 0 Å². The maximum Gasteiger partial charge on any atom is 0.139 e. The molecular formula is C17H24O2. The van der Waals surface area contributed by atoms with E-state index in [1.54, 1.807) is 0 Å². The largest absolute Gasteiger partial charge is 0.493 e. The Hall–Kier alpha value is -1.31. The lowest BCUT2D eigenvalue weighted by Gasteiger charge is -2.13. The standard InChI is InChI=1S/C17H24O2/c1-14-7-6-10-16(13-14)19-12-11-17(18)15-8-4-2-3-5-9-15/h6-7,10,13,15H,2-5,8-9,11-12H2,1H3. The van der Waals surface area contributed by atoms with Crippen LogP contribution in [0.25, 0.3) is 0 Å². The fourth-order valence-corrected chi connectivity index (χ4v) is 2.78. The molecule has 0 bridgehead atoms. The van der Waals surface area contributed by atoms with Crippen LogP contribution in [0.1, 0.15) is 50.5 Å². The Balaban J connectivity index is 1.74. The average molecular weight is 260 g/mol. The Bertz CT molecular complexity index is 403. The fraction of sp³-hybridized carbons (Fsp3) is 0.588. The van der Waals surface area contributed by atoms with E-state index in [0.29, 0.717) is 24.7 Å². The summed E-state index contributed by atoms with van der Waals surface area (Å²) in [6, 6.07) is 7.99. The zero-order valence-electron chi connectivity index (χ0n) is 11.9. The number of carbonyl (C=O) groups is 1. The van der Waals surface area contributed by atoms with Gasteiger partial charge in [0.25, 0.3) is 0 Å². The molecule has 1 fully saturated rings. The summed E-state index contributed by atoms with van der Waals surface area (Å²) in [6.45, 7) is 2.56. The smallest absolute Gasteiger partial charge is 0.139 e. The van der Waals surface area contributed by atoms with Crippen molar-refractivity contribution in [2.24, 2.45) is 5.92 Å². The van der Waals surface area contributed by atoms with Gasteiger partial charge in [0.1, 0.15) is 11.5 Å². The van der Waals surface area contributed by atoms with Crippen molar-refractivity contribution in [3.05, 3.63) is 29.8 Å². The molecule has 0 spiro atoms. The number of carbonyl (C=O) groups excluding carboxylic acids is 1. The first-order valence-corrected chi connectivity index (χ1v) is 7.48. The molecular weight excluding hydrogens is 236 g/mol. The lowest BCUT2D eigenvalue weighted by atomic mass is 9.94.